The normalized spacial score (nSPS) is 22.2. The molecule has 2 amide bonds. The third-order valence-electron chi connectivity index (χ3n) is 3.55. The number of carbonyl (C=O) groups excluding carboxylic acids is 1. The van der Waals surface area contributed by atoms with Gasteiger partial charge in [0.15, 0.2) is 11.7 Å². The number of para-hydroxylation sites is 1. The zero-order valence-electron chi connectivity index (χ0n) is 14.2. The topological polar surface area (TPSA) is 119 Å². The van der Waals surface area contributed by atoms with Crippen LogP contribution in [-0.4, -0.2) is 36.7 Å². The number of fused-ring (bicyclic) bond motifs is 1. The van der Waals surface area contributed by atoms with Gasteiger partial charge in [-0.25, -0.2) is 4.79 Å². The summed E-state index contributed by atoms with van der Waals surface area (Å²) in [5.41, 5.74) is 5.06. The van der Waals surface area contributed by atoms with Crippen molar-refractivity contribution in [2.24, 2.45) is 16.6 Å². The Morgan fingerprint density at radius 2 is 2.12 bits per heavy atom. The highest BCUT2D eigenvalue weighted by molar-refractivity contribution is 8.14. The molecule has 2 unspecified atom stereocenters. The van der Waals surface area contributed by atoms with Crippen LogP contribution in [0.1, 0.15) is 13.8 Å². The third kappa shape index (κ3) is 3.85. The molecule has 4 N–H and O–H groups in total. The number of aliphatic imine (C=N–C) groups is 1. The molecule has 9 nitrogen and oxygen atoms in total. The molecule has 0 radical (unpaired) electrons. The van der Waals surface area contributed by atoms with E-state index in [1.165, 1.54) is 35.1 Å². The molecule has 1 aromatic carbocycles. The summed E-state index contributed by atoms with van der Waals surface area (Å²) in [4.78, 5) is 16.0. The number of hydrogen-bond donors (Lipinski definition) is 3. The highest BCUT2D eigenvalue weighted by Crippen LogP contribution is 2.25. The van der Waals surface area contributed by atoms with Crippen molar-refractivity contribution in [2.45, 2.75) is 19.3 Å². The van der Waals surface area contributed by atoms with Crippen molar-refractivity contribution in [2.75, 3.05) is 6.54 Å². The van der Waals surface area contributed by atoms with Crippen LogP contribution in [-0.2, 0) is 10.1 Å². The first-order valence-corrected chi connectivity index (χ1v) is 10.2. The maximum atomic E-state index is 12.4. The molecule has 11 heteroatoms. The number of hydrogen-bond acceptors (Lipinski definition) is 7. The van der Waals surface area contributed by atoms with E-state index in [0.29, 0.717) is 22.6 Å². The van der Waals surface area contributed by atoms with Crippen molar-refractivity contribution in [1.29, 1.82) is 0 Å². The molecule has 2 heterocycles. The molecular formula is C15H20N5O4S2+. The van der Waals surface area contributed by atoms with Gasteiger partial charge in [0.05, 0.1) is 0 Å². The van der Waals surface area contributed by atoms with E-state index in [0.717, 1.165) is 0 Å². The zero-order valence-corrected chi connectivity index (χ0v) is 15.9. The van der Waals surface area contributed by atoms with Crippen LogP contribution in [0, 0.1) is 5.92 Å². The SMILES string of the molecule is CC(C)CNC1SC2=NC(S(=O)(=O)Oc3ccccc3)=C[NH+]2N1C(N)=O. The average molecular weight is 398 g/mol. The average Bonchev–Trinajstić information content (AvgIpc) is 3.10. The van der Waals surface area contributed by atoms with E-state index in [1.54, 1.807) is 18.2 Å². The molecule has 1 saturated heterocycles. The predicted octanol–water partition coefficient (Wildman–Crippen LogP) is 0.0203. The van der Waals surface area contributed by atoms with Gasteiger partial charge in [0.2, 0.25) is 0 Å². The molecular weight excluding hydrogens is 378 g/mol. The van der Waals surface area contributed by atoms with Gasteiger partial charge in [-0.3, -0.25) is 5.32 Å². The van der Waals surface area contributed by atoms with Crippen molar-refractivity contribution in [1.82, 2.24) is 10.3 Å². The van der Waals surface area contributed by atoms with E-state index in [-0.39, 0.29) is 10.8 Å². The van der Waals surface area contributed by atoms with Crippen molar-refractivity contribution in [3.8, 4) is 5.75 Å². The number of nitrogens with two attached hydrogens (primary N) is 1. The van der Waals surface area contributed by atoms with Gasteiger partial charge in [-0.05, 0) is 18.1 Å². The Hall–Kier alpha value is -2.08. The van der Waals surface area contributed by atoms with E-state index >= 15 is 0 Å². The number of benzene rings is 1. The Morgan fingerprint density at radius 3 is 2.73 bits per heavy atom. The summed E-state index contributed by atoms with van der Waals surface area (Å²) < 4.78 is 29.9. The van der Waals surface area contributed by atoms with Crippen LogP contribution >= 0.6 is 11.8 Å². The summed E-state index contributed by atoms with van der Waals surface area (Å²) >= 11 is 1.24. The highest BCUT2D eigenvalue weighted by Gasteiger charge is 2.49. The Bertz CT molecular complexity index is 854. The van der Waals surface area contributed by atoms with Gasteiger partial charge in [-0.2, -0.15) is 13.4 Å². The van der Waals surface area contributed by atoms with E-state index in [1.807, 2.05) is 13.8 Å². The van der Waals surface area contributed by atoms with Gasteiger partial charge >= 0.3 is 16.1 Å². The van der Waals surface area contributed by atoms with Crippen molar-refractivity contribution in [3.63, 3.8) is 0 Å². The van der Waals surface area contributed by atoms with Crippen molar-refractivity contribution >= 4 is 33.1 Å². The van der Waals surface area contributed by atoms with E-state index in [4.69, 9.17) is 9.92 Å². The molecule has 1 aromatic rings. The molecule has 2 aliphatic heterocycles. The number of urea groups is 1. The van der Waals surface area contributed by atoms with Gasteiger partial charge < -0.3 is 9.92 Å². The van der Waals surface area contributed by atoms with E-state index < -0.39 is 21.6 Å². The van der Waals surface area contributed by atoms with Gasteiger partial charge in [0.25, 0.3) is 10.2 Å². The Morgan fingerprint density at radius 1 is 1.42 bits per heavy atom. The summed E-state index contributed by atoms with van der Waals surface area (Å²) in [6, 6.07) is 7.46. The summed E-state index contributed by atoms with van der Waals surface area (Å²) in [5, 5.41) is 5.03. The van der Waals surface area contributed by atoms with Crippen molar-refractivity contribution < 1.29 is 22.4 Å². The maximum Gasteiger partial charge on any atom is 0.362 e. The van der Waals surface area contributed by atoms with Crippen LogP contribution in [0.4, 0.5) is 4.79 Å². The van der Waals surface area contributed by atoms with Crippen molar-refractivity contribution in [3.05, 3.63) is 41.6 Å². The second kappa shape index (κ2) is 7.27. The molecule has 26 heavy (non-hydrogen) atoms. The van der Waals surface area contributed by atoms with Crippen LogP contribution in [0.5, 0.6) is 5.75 Å². The molecule has 0 bridgehead atoms. The number of amides is 2. The van der Waals surface area contributed by atoms with Crippen LogP contribution in [0.3, 0.4) is 0 Å². The first-order chi connectivity index (χ1) is 12.3. The minimum atomic E-state index is -4.11. The lowest BCUT2D eigenvalue weighted by Gasteiger charge is -2.22. The molecule has 0 saturated carbocycles. The van der Waals surface area contributed by atoms with Crippen LogP contribution < -0.4 is 20.2 Å². The van der Waals surface area contributed by atoms with Crippen LogP contribution in [0.2, 0.25) is 0 Å². The quantitative estimate of drug-likeness (QED) is 0.582. The van der Waals surface area contributed by atoms with Crippen LogP contribution in [0.15, 0.2) is 46.6 Å². The molecule has 0 aliphatic carbocycles. The fraction of sp³-hybridized carbons (Fsp3) is 0.333. The van der Waals surface area contributed by atoms with Crippen LogP contribution in [0.25, 0.3) is 0 Å². The second-order valence-corrected chi connectivity index (χ2v) is 8.68. The monoisotopic (exact) mass is 398 g/mol. The summed E-state index contributed by atoms with van der Waals surface area (Å²) in [5.74, 6) is 0.565. The smallest absolute Gasteiger partial charge is 0.362 e. The third-order valence-corrected chi connectivity index (χ3v) is 5.81. The Balaban J connectivity index is 1.79. The fourth-order valence-electron chi connectivity index (χ4n) is 2.39. The standard InChI is InChI=1S/C15H19N5O4S2/c1-10(2)8-17-14-20(13(16)21)19-9-12(18-15(19)25-14)26(22,23)24-11-6-4-3-5-7-11/h3-7,9-10,14,17H,8H2,1-2H3,(H2,16,21)/p+1. The number of thioether (sulfide) groups is 1. The number of rotatable bonds is 6. The molecule has 3 rings (SSSR count). The highest BCUT2D eigenvalue weighted by atomic mass is 32.2. The van der Waals surface area contributed by atoms with Gasteiger partial charge in [-0.15, -0.1) is 10.0 Å². The summed E-state index contributed by atoms with van der Waals surface area (Å²) in [6.07, 6.45) is 1.31. The molecule has 140 valence electrons. The van der Waals surface area contributed by atoms with Gasteiger partial charge in [0, 0.05) is 18.3 Å². The molecule has 0 spiro atoms. The van der Waals surface area contributed by atoms with E-state index in [9.17, 15) is 13.2 Å². The minimum absolute atomic E-state index is 0.187. The first-order valence-electron chi connectivity index (χ1n) is 7.94. The lowest BCUT2D eigenvalue weighted by atomic mass is 10.2. The number of quaternary nitrogens is 1. The first kappa shape index (κ1) is 18.7. The van der Waals surface area contributed by atoms with Gasteiger partial charge in [0.1, 0.15) is 5.75 Å². The number of nitrogens with one attached hydrogen (secondary N) is 2. The number of carbonyl (C=O) groups is 1. The fourth-order valence-corrected chi connectivity index (χ4v) is 4.50. The zero-order chi connectivity index (χ0) is 18.9. The van der Waals surface area contributed by atoms with Gasteiger partial charge in [-0.1, -0.05) is 32.0 Å². The lowest BCUT2D eigenvalue weighted by Crippen LogP contribution is -3.14. The Labute approximate surface area is 156 Å². The second-order valence-electron chi connectivity index (χ2n) is 6.12. The molecule has 2 aliphatic rings. The Kier molecular flexibility index (Phi) is 5.23. The largest absolute Gasteiger partial charge is 0.378 e. The molecule has 0 aromatic heterocycles. The maximum absolute atomic E-state index is 12.4. The molecule has 2 atom stereocenters. The number of nitrogens with zero attached hydrogens (tertiary/aromatic N) is 2. The number of primary amides is 1. The summed E-state index contributed by atoms with van der Waals surface area (Å²) in [6.45, 7) is 4.75. The number of amidine groups is 1. The molecule has 1 fully saturated rings. The lowest BCUT2D eigenvalue weighted by molar-refractivity contribution is -0.862. The van der Waals surface area contributed by atoms with E-state index in [2.05, 4.69) is 10.3 Å². The summed E-state index contributed by atoms with van der Waals surface area (Å²) in [7, 11) is -4.11. The predicted molar refractivity (Wildman–Crippen MR) is 98.1 cm³/mol. The minimum Gasteiger partial charge on any atom is -0.378 e.